The Morgan fingerprint density at radius 3 is 2.29 bits per heavy atom. The quantitative estimate of drug-likeness (QED) is 0.767. The minimum absolute atomic E-state index is 0.0735. The lowest BCUT2D eigenvalue weighted by atomic mass is 10.2. The normalized spacial score (nSPS) is 20.6. The zero-order valence-corrected chi connectivity index (χ0v) is 10.2. The van der Waals surface area contributed by atoms with E-state index in [1.807, 2.05) is 4.90 Å². The highest BCUT2D eigenvalue weighted by Gasteiger charge is 2.23. The van der Waals surface area contributed by atoms with Gasteiger partial charge in [-0.3, -0.25) is 4.79 Å². The monoisotopic (exact) mass is 239 g/mol. The van der Waals surface area contributed by atoms with E-state index in [4.69, 9.17) is 0 Å². The van der Waals surface area contributed by atoms with Crippen LogP contribution in [0.1, 0.15) is 38.5 Å². The third-order valence-corrected chi connectivity index (χ3v) is 3.24. The molecule has 3 amide bonds. The Kier molecular flexibility index (Phi) is 4.23. The van der Waals surface area contributed by atoms with Crippen LogP contribution in [0.3, 0.4) is 0 Å². The van der Waals surface area contributed by atoms with Crippen molar-refractivity contribution in [2.75, 3.05) is 19.6 Å². The fraction of sp³-hybridized carbons (Fsp3) is 0.833. The second-order valence-electron chi connectivity index (χ2n) is 4.90. The van der Waals surface area contributed by atoms with E-state index in [0.717, 1.165) is 38.8 Å². The van der Waals surface area contributed by atoms with Crippen molar-refractivity contribution in [3.8, 4) is 0 Å². The summed E-state index contributed by atoms with van der Waals surface area (Å²) in [4.78, 5) is 25.0. The Morgan fingerprint density at radius 2 is 1.71 bits per heavy atom. The van der Waals surface area contributed by atoms with Crippen LogP contribution in [0, 0.1) is 0 Å². The fourth-order valence-corrected chi connectivity index (χ4v) is 2.05. The molecule has 96 valence electrons. The summed E-state index contributed by atoms with van der Waals surface area (Å²) in [5, 5.41) is 5.54. The van der Waals surface area contributed by atoms with Crippen LogP contribution in [-0.2, 0) is 4.79 Å². The molecule has 1 saturated carbocycles. The van der Waals surface area contributed by atoms with E-state index in [1.54, 1.807) is 0 Å². The van der Waals surface area contributed by atoms with Crippen molar-refractivity contribution < 1.29 is 9.59 Å². The molecule has 0 atom stereocenters. The zero-order valence-electron chi connectivity index (χ0n) is 10.2. The molecule has 5 nitrogen and oxygen atoms in total. The highest BCUT2D eigenvalue weighted by Crippen LogP contribution is 2.18. The standard InChI is InChI=1S/C12H21N3O2/c16-11(14-10-5-6-10)9-13-12(17)15-7-3-1-2-4-8-15/h10H,1-9H2,(H,13,17)(H,14,16). The Bertz CT molecular complexity index is 281. The Labute approximate surface area is 102 Å². The topological polar surface area (TPSA) is 61.4 Å². The van der Waals surface area contributed by atoms with Gasteiger partial charge in [0.1, 0.15) is 0 Å². The lowest BCUT2D eigenvalue weighted by Gasteiger charge is -2.20. The Morgan fingerprint density at radius 1 is 1.06 bits per heavy atom. The van der Waals surface area contributed by atoms with Crippen LogP contribution in [0.25, 0.3) is 0 Å². The van der Waals surface area contributed by atoms with E-state index in [-0.39, 0.29) is 18.5 Å². The smallest absolute Gasteiger partial charge is 0.317 e. The van der Waals surface area contributed by atoms with Crippen LogP contribution in [0.5, 0.6) is 0 Å². The molecule has 2 rings (SSSR count). The van der Waals surface area contributed by atoms with Crippen molar-refractivity contribution in [1.82, 2.24) is 15.5 Å². The van der Waals surface area contributed by atoms with Gasteiger partial charge in [0.25, 0.3) is 0 Å². The molecule has 1 aliphatic carbocycles. The maximum Gasteiger partial charge on any atom is 0.317 e. The van der Waals surface area contributed by atoms with Gasteiger partial charge in [-0.1, -0.05) is 12.8 Å². The molecule has 1 heterocycles. The predicted molar refractivity (Wildman–Crippen MR) is 64.6 cm³/mol. The number of carbonyl (C=O) groups excluding carboxylic acids is 2. The molecule has 0 aromatic carbocycles. The van der Waals surface area contributed by atoms with Gasteiger partial charge in [0.2, 0.25) is 5.91 Å². The zero-order chi connectivity index (χ0) is 12.1. The molecule has 17 heavy (non-hydrogen) atoms. The second-order valence-corrected chi connectivity index (χ2v) is 4.90. The first-order chi connectivity index (χ1) is 8.25. The van der Waals surface area contributed by atoms with Gasteiger partial charge in [0, 0.05) is 19.1 Å². The largest absolute Gasteiger partial charge is 0.352 e. The summed E-state index contributed by atoms with van der Waals surface area (Å²) in [5.74, 6) is -0.0735. The number of nitrogens with one attached hydrogen (secondary N) is 2. The third kappa shape index (κ3) is 4.24. The molecule has 5 heteroatoms. The summed E-state index contributed by atoms with van der Waals surface area (Å²) in [5.41, 5.74) is 0. The van der Waals surface area contributed by atoms with Gasteiger partial charge in [0.05, 0.1) is 6.54 Å². The fourth-order valence-electron chi connectivity index (χ4n) is 2.05. The molecule has 0 spiro atoms. The van der Waals surface area contributed by atoms with Gasteiger partial charge in [0.15, 0.2) is 0 Å². The van der Waals surface area contributed by atoms with E-state index in [9.17, 15) is 9.59 Å². The number of rotatable bonds is 3. The summed E-state index contributed by atoms with van der Waals surface area (Å²) in [6.07, 6.45) is 6.69. The van der Waals surface area contributed by atoms with Gasteiger partial charge in [-0.25, -0.2) is 4.79 Å². The van der Waals surface area contributed by atoms with Crippen LogP contribution in [0.15, 0.2) is 0 Å². The number of likely N-dealkylation sites (tertiary alicyclic amines) is 1. The van der Waals surface area contributed by atoms with Crippen molar-refractivity contribution >= 4 is 11.9 Å². The highest BCUT2D eigenvalue weighted by molar-refractivity contribution is 5.84. The van der Waals surface area contributed by atoms with Gasteiger partial charge in [-0.2, -0.15) is 0 Å². The minimum atomic E-state index is -0.0992. The number of hydrogen-bond donors (Lipinski definition) is 2. The molecule has 2 aliphatic rings. The summed E-state index contributed by atoms with van der Waals surface area (Å²) in [6.45, 7) is 1.73. The van der Waals surface area contributed by atoms with E-state index >= 15 is 0 Å². The summed E-state index contributed by atoms with van der Waals surface area (Å²) in [6, 6.07) is 0.260. The lowest BCUT2D eigenvalue weighted by Crippen LogP contribution is -2.45. The summed E-state index contributed by atoms with van der Waals surface area (Å²) >= 11 is 0. The van der Waals surface area contributed by atoms with Crippen molar-refractivity contribution in [3.63, 3.8) is 0 Å². The molecule has 2 fully saturated rings. The van der Waals surface area contributed by atoms with Crippen molar-refractivity contribution in [3.05, 3.63) is 0 Å². The van der Waals surface area contributed by atoms with Crippen LogP contribution in [-0.4, -0.2) is 42.5 Å². The number of nitrogens with zero attached hydrogens (tertiary/aromatic N) is 1. The van der Waals surface area contributed by atoms with Crippen LogP contribution in [0.4, 0.5) is 4.79 Å². The number of amides is 3. The molecule has 0 unspecified atom stereocenters. The third-order valence-electron chi connectivity index (χ3n) is 3.24. The first-order valence-electron chi connectivity index (χ1n) is 6.58. The van der Waals surface area contributed by atoms with E-state index in [2.05, 4.69) is 10.6 Å². The van der Waals surface area contributed by atoms with Gasteiger partial charge in [-0.05, 0) is 25.7 Å². The van der Waals surface area contributed by atoms with Crippen LogP contribution < -0.4 is 10.6 Å². The van der Waals surface area contributed by atoms with Crippen LogP contribution in [0.2, 0.25) is 0 Å². The molecule has 0 aromatic rings. The molecule has 0 radical (unpaired) electrons. The average Bonchev–Trinajstić information content (AvgIpc) is 3.11. The number of carbonyl (C=O) groups is 2. The molecule has 0 aromatic heterocycles. The van der Waals surface area contributed by atoms with E-state index in [0.29, 0.717) is 6.04 Å². The van der Waals surface area contributed by atoms with E-state index in [1.165, 1.54) is 12.8 Å². The van der Waals surface area contributed by atoms with Gasteiger partial charge >= 0.3 is 6.03 Å². The lowest BCUT2D eigenvalue weighted by molar-refractivity contribution is -0.120. The maximum absolute atomic E-state index is 11.8. The molecule has 1 saturated heterocycles. The SMILES string of the molecule is O=C(CNC(=O)N1CCCCCC1)NC1CC1. The first-order valence-corrected chi connectivity index (χ1v) is 6.58. The van der Waals surface area contributed by atoms with Crippen molar-refractivity contribution in [2.45, 2.75) is 44.6 Å². The van der Waals surface area contributed by atoms with E-state index < -0.39 is 0 Å². The molecular weight excluding hydrogens is 218 g/mol. The molecule has 2 N–H and O–H groups in total. The Balaban J connectivity index is 1.66. The average molecular weight is 239 g/mol. The highest BCUT2D eigenvalue weighted by atomic mass is 16.2. The summed E-state index contributed by atoms with van der Waals surface area (Å²) < 4.78 is 0. The Hall–Kier alpha value is -1.26. The van der Waals surface area contributed by atoms with Crippen LogP contribution >= 0.6 is 0 Å². The van der Waals surface area contributed by atoms with Crippen molar-refractivity contribution in [1.29, 1.82) is 0 Å². The van der Waals surface area contributed by atoms with Gasteiger partial charge in [-0.15, -0.1) is 0 Å². The predicted octanol–water partition coefficient (Wildman–Crippen LogP) is 0.851. The minimum Gasteiger partial charge on any atom is -0.352 e. The summed E-state index contributed by atoms with van der Waals surface area (Å²) in [7, 11) is 0. The van der Waals surface area contributed by atoms with Gasteiger partial charge < -0.3 is 15.5 Å². The number of hydrogen-bond acceptors (Lipinski definition) is 2. The number of urea groups is 1. The van der Waals surface area contributed by atoms with Crippen molar-refractivity contribution in [2.24, 2.45) is 0 Å². The molecule has 1 aliphatic heterocycles. The first kappa shape index (κ1) is 12.2. The molecule has 0 bridgehead atoms. The molecular formula is C12H21N3O2. The second kappa shape index (κ2) is 5.89. The maximum atomic E-state index is 11.8.